The number of H-pyrrole nitrogens is 1. The zero-order valence-corrected chi connectivity index (χ0v) is 13.8. The standard InChI is InChI=1S/C17H20N6O2/c1-2-8-23-11-14(6-7-15(23)24)17(25)18-10-12-4-3-5-13(9-12)16-19-21-22-20-16/h2-5,9,14H,1,6-8,10-11H2,(H,18,25)(H,19,20,21,22)/t14-/m1/s1. The van der Waals surface area contributed by atoms with E-state index in [4.69, 9.17) is 0 Å². The van der Waals surface area contributed by atoms with Gasteiger partial charge < -0.3 is 10.2 Å². The minimum Gasteiger partial charge on any atom is -0.352 e. The van der Waals surface area contributed by atoms with Crippen LogP contribution in [0.1, 0.15) is 18.4 Å². The fourth-order valence-corrected chi connectivity index (χ4v) is 2.90. The van der Waals surface area contributed by atoms with E-state index in [-0.39, 0.29) is 17.7 Å². The Bertz CT molecular complexity index is 758. The van der Waals surface area contributed by atoms with Crippen LogP contribution in [0, 0.1) is 5.92 Å². The molecule has 25 heavy (non-hydrogen) atoms. The van der Waals surface area contributed by atoms with Crippen LogP contribution in [0.15, 0.2) is 36.9 Å². The Morgan fingerprint density at radius 3 is 3.12 bits per heavy atom. The number of aromatic amines is 1. The van der Waals surface area contributed by atoms with Gasteiger partial charge in [0.15, 0.2) is 0 Å². The molecule has 1 saturated heterocycles. The molecule has 1 atom stereocenters. The van der Waals surface area contributed by atoms with Gasteiger partial charge in [-0.05, 0) is 23.3 Å². The number of benzene rings is 1. The van der Waals surface area contributed by atoms with Gasteiger partial charge in [0.05, 0.1) is 5.92 Å². The fourth-order valence-electron chi connectivity index (χ4n) is 2.90. The van der Waals surface area contributed by atoms with E-state index in [1.54, 1.807) is 11.0 Å². The quantitative estimate of drug-likeness (QED) is 0.761. The molecule has 0 aliphatic carbocycles. The number of hydrogen-bond donors (Lipinski definition) is 2. The molecule has 1 aromatic carbocycles. The van der Waals surface area contributed by atoms with E-state index in [0.717, 1.165) is 11.1 Å². The summed E-state index contributed by atoms with van der Waals surface area (Å²) in [6.45, 7) is 4.99. The molecule has 8 nitrogen and oxygen atoms in total. The number of likely N-dealkylation sites (tertiary alicyclic amines) is 1. The highest BCUT2D eigenvalue weighted by Crippen LogP contribution is 2.18. The number of hydrogen-bond acceptors (Lipinski definition) is 5. The first kappa shape index (κ1) is 16.8. The van der Waals surface area contributed by atoms with Gasteiger partial charge in [-0.1, -0.05) is 24.3 Å². The maximum atomic E-state index is 12.4. The van der Waals surface area contributed by atoms with Crippen molar-refractivity contribution < 1.29 is 9.59 Å². The minimum absolute atomic E-state index is 0.0356. The van der Waals surface area contributed by atoms with Crippen molar-refractivity contribution >= 4 is 11.8 Å². The van der Waals surface area contributed by atoms with Crippen LogP contribution < -0.4 is 5.32 Å². The van der Waals surface area contributed by atoms with Gasteiger partial charge in [-0.25, -0.2) is 0 Å². The van der Waals surface area contributed by atoms with Gasteiger partial charge in [-0.15, -0.1) is 16.8 Å². The number of carbonyl (C=O) groups excluding carboxylic acids is 2. The average Bonchev–Trinajstić information content (AvgIpc) is 3.17. The van der Waals surface area contributed by atoms with E-state index in [0.29, 0.717) is 38.3 Å². The molecule has 1 fully saturated rings. The van der Waals surface area contributed by atoms with Gasteiger partial charge in [0.25, 0.3) is 0 Å². The van der Waals surface area contributed by atoms with Crippen LogP contribution in [0.4, 0.5) is 0 Å². The third-order valence-corrected chi connectivity index (χ3v) is 4.22. The van der Waals surface area contributed by atoms with Crippen molar-refractivity contribution in [3.63, 3.8) is 0 Å². The molecular formula is C17H20N6O2. The van der Waals surface area contributed by atoms with E-state index in [9.17, 15) is 9.59 Å². The number of aromatic nitrogens is 4. The summed E-state index contributed by atoms with van der Waals surface area (Å²) in [4.78, 5) is 25.9. The molecule has 2 amide bonds. The van der Waals surface area contributed by atoms with Crippen molar-refractivity contribution in [1.82, 2.24) is 30.8 Å². The molecule has 8 heteroatoms. The highest BCUT2D eigenvalue weighted by Gasteiger charge is 2.29. The van der Waals surface area contributed by atoms with Gasteiger partial charge in [-0.2, -0.15) is 5.21 Å². The predicted molar refractivity (Wildman–Crippen MR) is 91.0 cm³/mol. The summed E-state index contributed by atoms with van der Waals surface area (Å²) < 4.78 is 0. The maximum absolute atomic E-state index is 12.4. The summed E-state index contributed by atoms with van der Waals surface area (Å²) in [5, 5.41) is 16.8. The van der Waals surface area contributed by atoms with Gasteiger partial charge in [0, 0.05) is 31.6 Å². The molecule has 3 rings (SSSR count). The molecule has 2 heterocycles. The lowest BCUT2D eigenvalue weighted by atomic mass is 9.96. The van der Waals surface area contributed by atoms with Gasteiger partial charge >= 0.3 is 0 Å². The minimum atomic E-state index is -0.182. The first-order chi connectivity index (χ1) is 12.2. The molecule has 1 aliphatic rings. The smallest absolute Gasteiger partial charge is 0.225 e. The van der Waals surface area contributed by atoms with Gasteiger partial charge in [0.1, 0.15) is 0 Å². The Kier molecular flexibility index (Phi) is 5.17. The van der Waals surface area contributed by atoms with Crippen molar-refractivity contribution in [1.29, 1.82) is 0 Å². The molecule has 1 aromatic heterocycles. The number of nitrogens with one attached hydrogen (secondary N) is 2. The number of piperidine rings is 1. The largest absolute Gasteiger partial charge is 0.352 e. The third-order valence-electron chi connectivity index (χ3n) is 4.22. The van der Waals surface area contributed by atoms with Gasteiger partial charge in [0.2, 0.25) is 17.6 Å². The predicted octanol–water partition coefficient (Wildman–Crippen LogP) is 0.907. The van der Waals surface area contributed by atoms with Crippen LogP contribution in [-0.4, -0.2) is 50.4 Å². The van der Waals surface area contributed by atoms with Crippen LogP contribution in [0.2, 0.25) is 0 Å². The highest BCUT2D eigenvalue weighted by atomic mass is 16.2. The number of tetrazole rings is 1. The van der Waals surface area contributed by atoms with Crippen LogP contribution in [0.25, 0.3) is 11.4 Å². The molecule has 0 saturated carbocycles. The topological polar surface area (TPSA) is 104 Å². The van der Waals surface area contributed by atoms with Gasteiger partial charge in [-0.3, -0.25) is 9.59 Å². The number of nitrogens with zero attached hydrogens (tertiary/aromatic N) is 4. The highest BCUT2D eigenvalue weighted by molar-refractivity contribution is 5.83. The van der Waals surface area contributed by atoms with Crippen molar-refractivity contribution in [2.45, 2.75) is 19.4 Å². The molecule has 2 N–H and O–H groups in total. The Hall–Kier alpha value is -3.03. The zero-order chi connectivity index (χ0) is 17.6. The second-order valence-electron chi connectivity index (χ2n) is 5.98. The first-order valence-corrected chi connectivity index (χ1v) is 8.16. The average molecular weight is 340 g/mol. The normalized spacial score (nSPS) is 17.4. The Morgan fingerprint density at radius 1 is 1.48 bits per heavy atom. The number of amides is 2. The summed E-state index contributed by atoms with van der Waals surface area (Å²) in [7, 11) is 0. The second-order valence-corrected chi connectivity index (χ2v) is 5.98. The van der Waals surface area contributed by atoms with Crippen molar-refractivity contribution in [2.75, 3.05) is 13.1 Å². The van der Waals surface area contributed by atoms with E-state index in [1.165, 1.54) is 0 Å². The Morgan fingerprint density at radius 2 is 2.36 bits per heavy atom. The summed E-state index contributed by atoms with van der Waals surface area (Å²) in [5.41, 5.74) is 1.78. The maximum Gasteiger partial charge on any atom is 0.225 e. The molecule has 0 radical (unpaired) electrons. The van der Waals surface area contributed by atoms with Crippen LogP contribution in [0.3, 0.4) is 0 Å². The number of carbonyl (C=O) groups is 2. The molecular weight excluding hydrogens is 320 g/mol. The van der Waals surface area contributed by atoms with E-state index < -0.39 is 0 Å². The monoisotopic (exact) mass is 340 g/mol. The summed E-state index contributed by atoms with van der Waals surface area (Å²) in [5.74, 6) is 0.375. The molecule has 1 aliphatic heterocycles. The fraction of sp³-hybridized carbons (Fsp3) is 0.353. The number of rotatable bonds is 6. The molecule has 130 valence electrons. The van der Waals surface area contributed by atoms with Crippen LogP contribution in [0.5, 0.6) is 0 Å². The molecule has 0 bridgehead atoms. The zero-order valence-electron chi connectivity index (χ0n) is 13.8. The first-order valence-electron chi connectivity index (χ1n) is 8.16. The lowest BCUT2D eigenvalue weighted by Crippen LogP contribution is -2.45. The summed E-state index contributed by atoms with van der Waals surface area (Å²) >= 11 is 0. The van der Waals surface area contributed by atoms with Crippen molar-refractivity contribution in [3.05, 3.63) is 42.5 Å². The Balaban J connectivity index is 1.58. The van der Waals surface area contributed by atoms with E-state index in [1.807, 2.05) is 24.3 Å². The van der Waals surface area contributed by atoms with Crippen LogP contribution >= 0.6 is 0 Å². The summed E-state index contributed by atoms with van der Waals surface area (Å²) in [6.07, 6.45) is 2.67. The van der Waals surface area contributed by atoms with Crippen molar-refractivity contribution in [3.8, 4) is 11.4 Å². The van der Waals surface area contributed by atoms with Crippen LogP contribution in [-0.2, 0) is 16.1 Å². The second kappa shape index (κ2) is 7.69. The third kappa shape index (κ3) is 4.09. The van der Waals surface area contributed by atoms with Crippen molar-refractivity contribution in [2.24, 2.45) is 5.92 Å². The summed E-state index contributed by atoms with van der Waals surface area (Å²) in [6, 6.07) is 7.62. The van der Waals surface area contributed by atoms with E-state index >= 15 is 0 Å². The SMILES string of the molecule is C=CCN1C[C@H](C(=O)NCc2cccc(-c3nn[nH]n3)c2)CCC1=O. The molecule has 0 spiro atoms. The molecule has 0 unspecified atom stereocenters. The molecule has 2 aromatic rings. The van der Waals surface area contributed by atoms with E-state index in [2.05, 4.69) is 32.5 Å². The Labute approximate surface area is 145 Å². The lowest BCUT2D eigenvalue weighted by Gasteiger charge is -2.31. The lowest BCUT2D eigenvalue weighted by molar-refractivity contribution is -0.137.